The van der Waals surface area contributed by atoms with Gasteiger partial charge in [-0.1, -0.05) is 90.4 Å². The fraction of sp³-hybridized carbons (Fsp3) is 1.00. The molecule has 1 rings (SSSR count). The van der Waals surface area contributed by atoms with Gasteiger partial charge in [0.2, 0.25) is 0 Å². The molecular weight excluding hydrogens is 465 g/mol. The minimum atomic E-state index is -4.00. The summed E-state index contributed by atoms with van der Waals surface area (Å²) in [5, 5.41) is 0. The van der Waals surface area contributed by atoms with E-state index in [4.69, 9.17) is 18.5 Å². The van der Waals surface area contributed by atoms with Crippen molar-refractivity contribution in [1.29, 1.82) is 0 Å². The number of hydrogen-bond donors (Lipinski definition) is 1. The van der Waals surface area contributed by atoms with Crippen molar-refractivity contribution < 1.29 is 32.5 Å². The Morgan fingerprint density at radius 2 is 1.06 bits per heavy atom. The van der Waals surface area contributed by atoms with Gasteiger partial charge >= 0.3 is 7.82 Å². The highest BCUT2D eigenvalue weighted by Crippen LogP contribution is 2.42. The highest BCUT2D eigenvalue weighted by molar-refractivity contribution is 7.47. The van der Waals surface area contributed by atoms with Crippen LogP contribution in [-0.4, -0.2) is 75.7 Å². The highest BCUT2D eigenvalue weighted by atomic mass is 31.2. The number of nitrogens with zero attached hydrogens (tertiary/aromatic N) is 1. The number of rotatable bonds is 26. The van der Waals surface area contributed by atoms with Gasteiger partial charge in [-0.2, -0.15) is 0 Å². The molecule has 1 saturated heterocycles. The molecule has 0 spiro atoms. The molecule has 0 aromatic heterocycles. The van der Waals surface area contributed by atoms with Gasteiger partial charge in [-0.05, 0) is 6.42 Å². The van der Waals surface area contributed by atoms with Crippen molar-refractivity contribution in [2.75, 3.05) is 66.3 Å². The average molecular weight is 523 g/mol. The second-order valence-corrected chi connectivity index (χ2v) is 11.9. The second kappa shape index (κ2) is 22.0. The van der Waals surface area contributed by atoms with Crippen LogP contribution < -0.4 is 0 Å². The van der Waals surface area contributed by atoms with E-state index in [9.17, 15) is 9.46 Å². The summed E-state index contributed by atoms with van der Waals surface area (Å²) < 4.78 is 33.9. The average Bonchev–Trinajstić information content (AvgIpc) is 3.26. The van der Waals surface area contributed by atoms with Gasteiger partial charge in [-0.15, -0.1) is 0 Å². The lowest BCUT2D eigenvalue weighted by Crippen LogP contribution is -2.43. The van der Waals surface area contributed by atoms with Crippen LogP contribution in [0, 0.1) is 0 Å². The summed E-state index contributed by atoms with van der Waals surface area (Å²) in [6.45, 7) is 7.54. The molecule has 1 fully saturated rings. The van der Waals surface area contributed by atoms with Crippen molar-refractivity contribution in [3.8, 4) is 0 Å². The Morgan fingerprint density at radius 3 is 1.60 bits per heavy atom. The lowest BCUT2D eigenvalue weighted by Gasteiger charge is -2.29. The topological polar surface area (TPSA) is 74.2 Å². The van der Waals surface area contributed by atoms with Crippen LogP contribution in [0.4, 0.5) is 0 Å². The number of quaternary nitrogens is 1. The molecule has 0 bridgehead atoms. The molecule has 0 aromatic rings. The summed E-state index contributed by atoms with van der Waals surface area (Å²) in [6, 6.07) is 0. The predicted molar refractivity (Wildman–Crippen MR) is 144 cm³/mol. The molecule has 1 atom stereocenters. The molecule has 7 nitrogen and oxygen atoms in total. The van der Waals surface area contributed by atoms with E-state index in [1.54, 1.807) is 0 Å². The van der Waals surface area contributed by atoms with Crippen LogP contribution >= 0.6 is 7.82 Å². The van der Waals surface area contributed by atoms with E-state index in [-0.39, 0.29) is 19.8 Å². The first-order valence-corrected chi connectivity index (χ1v) is 16.1. The van der Waals surface area contributed by atoms with Crippen molar-refractivity contribution in [2.24, 2.45) is 0 Å². The molecule has 0 amide bonds. The zero-order chi connectivity index (χ0) is 25.5. The molecule has 1 aliphatic heterocycles. The minimum absolute atomic E-state index is 0.0405. The number of phosphoric ester groups is 1. The normalized spacial score (nSPS) is 17.1. The molecule has 8 heteroatoms. The molecule has 1 aliphatic rings. The Hall–Kier alpha value is -0.0100. The summed E-state index contributed by atoms with van der Waals surface area (Å²) in [5.74, 6) is 0. The predicted octanol–water partition coefficient (Wildman–Crippen LogP) is 6.87. The first-order valence-electron chi connectivity index (χ1n) is 14.6. The van der Waals surface area contributed by atoms with E-state index >= 15 is 0 Å². The Balaban J connectivity index is 1.75. The van der Waals surface area contributed by atoms with E-state index in [1.165, 1.54) is 96.3 Å². The third-order valence-electron chi connectivity index (χ3n) is 7.03. The fourth-order valence-corrected chi connectivity index (χ4v) is 5.36. The third kappa shape index (κ3) is 20.7. The van der Waals surface area contributed by atoms with Gasteiger partial charge in [-0.3, -0.25) is 9.05 Å². The zero-order valence-electron chi connectivity index (χ0n) is 23.1. The third-order valence-corrected chi connectivity index (χ3v) is 8.05. The summed E-state index contributed by atoms with van der Waals surface area (Å²) in [5.41, 5.74) is 0. The van der Waals surface area contributed by atoms with Crippen molar-refractivity contribution in [3.63, 3.8) is 0 Å². The van der Waals surface area contributed by atoms with Crippen molar-refractivity contribution in [3.05, 3.63) is 0 Å². The summed E-state index contributed by atoms with van der Waals surface area (Å²) in [6.07, 6.45) is 21.4. The lowest BCUT2D eigenvalue weighted by atomic mass is 10.0. The summed E-state index contributed by atoms with van der Waals surface area (Å²) >= 11 is 0. The maximum atomic E-state index is 11.9. The molecule has 1 heterocycles. The fourth-order valence-electron chi connectivity index (χ4n) is 4.67. The Bertz CT molecular complexity index is 516. The summed E-state index contributed by atoms with van der Waals surface area (Å²) in [7, 11) is -1.83. The van der Waals surface area contributed by atoms with Crippen LogP contribution in [-0.2, 0) is 23.1 Å². The van der Waals surface area contributed by atoms with Gasteiger partial charge < -0.3 is 18.9 Å². The van der Waals surface area contributed by atoms with Gasteiger partial charge in [0.05, 0.1) is 46.6 Å². The number of likely N-dealkylation sites (tertiary alicyclic amines) is 1. The van der Waals surface area contributed by atoms with E-state index in [0.717, 1.165) is 37.1 Å². The van der Waals surface area contributed by atoms with Crippen LogP contribution in [0.5, 0.6) is 0 Å². The van der Waals surface area contributed by atoms with Gasteiger partial charge in [0.25, 0.3) is 0 Å². The van der Waals surface area contributed by atoms with Gasteiger partial charge in [-0.25, -0.2) is 4.57 Å². The Kier molecular flexibility index (Phi) is 20.8. The number of unbranched alkanes of at least 4 members (excludes halogenated alkanes) is 13. The molecule has 35 heavy (non-hydrogen) atoms. The van der Waals surface area contributed by atoms with Crippen LogP contribution in [0.25, 0.3) is 0 Å². The van der Waals surface area contributed by atoms with Gasteiger partial charge in [0.1, 0.15) is 13.2 Å². The Morgan fingerprint density at radius 1 is 0.629 bits per heavy atom. The monoisotopic (exact) mass is 522 g/mol. The zero-order valence-corrected chi connectivity index (χ0v) is 24.0. The first kappa shape index (κ1) is 33.0. The SMILES string of the molecule is CCCCCCCCCCCCCCCCOCCOCCOP(=O)(O)OCC[N+]1(C)CCCC1. The van der Waals surface area contributed by atoms with Crippen LogP contribution in [0.15, 0.2) is 0 Å². The Labute approximate surface area is 216 Å². The molecule has 0 saturated carbocycles. The standard InChI is InChI=1S/C27H56NO6P/c1-3-4-5-6-7-8-9-10-11-12-13-14-15-18-22-31-24-25-32-26-27-34-35(29,30)33-23-21-28(2)19-16-17-20-28/h3-27H2,1-2H3/p+1. The van der Waals surface area contributed by atoms with Crippen LogP contribution in [0.2, 0.25) is 0 Å². The largest absolute Gasteiger partial charge is 0.472 e. The molecular formula is C27H57NO6P+. The van der Waals surface area contributed by atoms with E-state index in [1.807, 2.05) is 0 Å². The summed E-state index contributed by atoms with van der Waals surface area (Å²) in [4.78, 5) is 9.75. The van der Waals surface area contributed by atoms with Crippen molar-refractivity contribution >= 4 is 7.82 Å². The van der Waals surface area contributed by atoms with Crippen molar-refractivity contribution in [2.45, 2.75) is 110 Å². The smallest absolute Gasteiger partial charge is 0.379 e. The first-order chi connectivity index (χ1) is 17.0. The molecule has 0 radical (unpaired) electrons. The molecule has 210 valence electrons. The van der Waals surface area contributed by atoms with E-state index in [2.05, 4.69) is 14.0 Å². The van der Waals surface area contributed by atoms with Crippen LogP contribution in [0.1, 0.15) is 110 Å². The molecule has 0 aromatic carbocycles. The quantitative estimate of drug-likeness (QED) is 0.0759. The molecule has 0 aliphatic carbocycles. The second-order valence-electron chi connectivity index (χ2n) is 10.5. The van der Waals surface area contributed by atoms with E-state index < -0.39 is 7.82 Å². The van der Waals surface area contributed by atoms with Gasteiger partial charge in [0.15, 0.2) is 0 Å². The van der Waals surface area contributed by atoms with Crippen molar-refractivity contribution in [1.82, 2.24) is 0 Å². The maximum Gasteiger partial charge on any atom is 0.472 e. The number of hydrogen-bond acceptors (Lipinski definition) is 5. The van der Waals surface area contributed by atoms with Crippen LogP contribution in [0.3, 0.4) is 0 Å². The lowest BCUT2D eigenvalue weighted by molar-refractivity contribution is -0.897. The van der Waals surface area contributed by atoms with E-state index in [0.29, 0.717) is 13.2 Å². The number of ether oxygens (including phenoxy) is 2. The number of phosphoric acid groups is 1. The maximum absolute atomic E-state index is 11.9. The van der Waals surface area contributed by atoms with Gasteiger partial charge in [0, 0.05) is 19.4 Å². The molecule has 1 unspecified atom stereocenters. The highest BCUT2D eigenvalue weighted by Gasteiger charge is 2.28. The minimum Gasteiger partial charge on any atom is -0.379 e. The number of likely N-dealkylation sites (N-methyl/N-ethyl adjacent to an activating group) is 1. The molecule has 1 N–H and O–H groups in total.